The maximum atomic E-state index is 6.33. The predicted molar refractivity (Wildman–Crippen MR) is 130 cm³/mol. The molecule has 1 heterocycles. The first kappa shape index (κ1) is 23.4. The Labute approximate surface area is 197 Å². The summed E-state index contributed by atoms with van der Waals surface area (Å²) >= 11 is 12.3. The molecular weight excluding hydrogens is 522 g/mol. The maximum absolute atomic E-state index is 6.33. The fourth-order valence-corrected chi connectivity index (χ4v) is 3.35. The predicted octanol–water partition coefficient (Wildman–Crippen LogP) is 5.01. The SMILES string of the molecule is CCNC(=NCc1nncn1-c1ccccc1)NC(C)c1ccc(Cl)cc1Cl.I. The number of guanidine groups is 1. The third-order valence-electron chi connectivity index (χ3n) is 4.16. The highest BCUT2D eigenvalue weighted by Gasteiger charge is 2.12. The number of hydrogen-bond acceptors (Lipinski definition) is 3. The van der Waals surface area contributed by atoms with Crippen LogP contribution in [0.25, 0.3) is 5.69 Å². The number of nitrogens with one attached hydrogen (secondary N) is 2. The lowest BCUT2D eigenvalue weighted by molar-refractivity contribution is 0.684. The lowest BCUT2D eigenvalue weighted by atomic mass is 10.1. The Morgan fingerprint density at radius 2 is 1.93 bits per heavy atom. The molecule has 1 aromatic heterocycles. The molecule has 0 aliphatic heterocycles. The van der Waals surface area contributed by atoms with Crippen LogP contribution in [0.1, 0.15) is 31.3 Å². The average Bonchev–Trinajstić information content (AvgIpc) is 3.15. The summed E-state index contributed by atoms with van der Waals surface area (Å²) in [5, 5.41) is 16.1. The molecule has 0 bridgehead atoms. The van der Waals surface area contributed by atoms with Crippen LogP contribution >= 0.6 is 47.2 Å². The van der Waals surface area contributed by atoms with Gasteiger partial charge >= 0.3 is 0 Å². The van der Waals surface area contributed by atoms with Gasteiger partial charge in [0.1, 0.15) is 12.9 Å². The van der Waals surface area contributed by atoms with E-state index in [2.05, 4.69) is 25.8 Å². The molecule has 0 fully saturated rings. The Kier molecular flexibility index (Phi) is 9.19. The van der Waals surface area contributed by atoms with Gasteiger partial charge in [-0.3, -0.25) is 4.57 Å². The van der Waals surface area contributed by atoms with Crippen LogP contribution in [0.2, 0.25) is 10.0 Å². The minimum atomic E-state index is -0.0467. The zero-order valence-corrected chi connectivity index (χ0v) is 20.0. The minimum absolute atomic E-state index is 0. The number of aromatic nitrogens is 3. The van der Waals surface area contributed by atoms with E-state index in [1.165, 1.54) is 0 Å². The largest absolute Gasteiger partial charge is 0.357 e. The van der Waals surface area contributed by atoms with E-state index in [-0.39, 0.29) is 30.0 Å². The number of benzene rings is 2. The van der Waals surface area contributed by atoms with Gasteiger partial charge in [-0.15, -0.1) is 34.2 Å². The van der Waals surface area contributed by atoms with E-state index < -0.39 is 0 Å². The van der Waals surface area contributed by atoms with Crippen molar-refractivity contribution >= 4 is 53.1 Å². The molecule has 1 atom stereocenters. The van der Waals surface area contributed by atoms with Crippen LogP contribution in [-0.4, -0.2) is 27.3 Å². The van der Waals surface area contributed by atoms with Gasteiger partial charge in [-0.05, 0) is 43.7 Å². The smallest absolute Gasteiger partial charge is 0.192 e. The molecular formula is C20H23Cl2IN6. The molecule has 0 aliphatic rings. The molecule has 154 valence electrons. The third-order valence-corrected chi connectivity index (χ3v) is 4.72. The van der Waals surface area contributed by atoms with Gasteiger partial charge in [-0.2, -0.15) is 0 Å². The summed E-state index contributed by atoms with van der Waals surface area (Å²) < 4.78 is 1.92. The Bertz CT molecular complexity index is 945. The van der Waals surface area contributed by atoms with Crippen molar-refractivity contribution in [3.05, 3.63) is 76.3 Å². The Morgan fingerprint density at radius 3 is 2.62 bits per heavy atom. The van der Waals surface area contributed by atoms with Gasteiger partial charge in [-0.25, -0.2) is 4.99 Å². The van der Waals surface area contributed by atoms with Crippen LogP contribution in [0.3, 0.4) is 0 Å². The summed E-state index contributed by atoms with van der Waals surface area (Å²) in [5.41, 5.74) is 1.95. The quantitative estimate of drug-likeness (QED) is 0.260. The minimum Gasteiger partial charge on any atom is -0.357 e. The van der Waals surface area contributed by atoms with Crippen LogP contribution in [0.4, 0.5) is 0 Å². The first-order valence-corrected chi connectivity index (χ1v) is 9.78. The molecule has 0 saturated carbocycles. The second kappa shape index (κ2) is 11.4. The summed E-state index contributed by atoms with van der Waals surface area (Å²) in [6.07, 6.45) is 1.69. The van der Waals surface area contributed by atoms with Gasteiger partial charge in [-0.1, -0.05) is 47.5 Å². The van der Waals surface area contributed by atoms with Crippen molar-refractivity contribution in [2.75, 3.05) is 6.54 Å². The lowest BCUT2D eigenvalue weighted by Gasteiger charge is -2.19. The standard InChI is InChI=1S/C20H22Cl2N6.HI/c1-3-23-20(26-14(2)17-10-9-15(21)11-18(17)22)24-12-19-27-25-13-28(19)16-7-5-4-6-8-16;/h4-11,13-14H,3,12H2,1-2H3,(H2,23,24,26);1H. The van der Waals surface area contributed by atoms with Crippen LogP contribution in [0.5, 0.6) is 0 Å². The second-order valence-electron chi connectivity index (χ2n) is 6.18. The van der Waals surface area contributed by atoms with Crippen molar-refractivity contribution in [3.8, 4) is 5.69 Å². The van der Waals surface area contributed by atoms with E-state index >= 15 is 0 Å². The molecule has 2 N–H and O–H groups in total. The number of nitrogens with zero attached hydrogens (tertiary/aromatic N) is 4. The van der Waals surface area contributed by atoms with Crippen molar-refractivity contribution in [3.63, 3.8) is 0 Å². The summed E-state index contributed by atoms with van der Waals surface area (Å²) in [5.74, 6) is 1.42. The number of hydrogen-bond donors (Lipinski definition) is 2. The topological polar surface area (TPSA) is 67.1 Å². The normalized spacial score (nSPS) is 12.2. The highest BCUT2D eigenvalue weighted by Crippen LogP contribution is 2.26. The highest BCUT2D eigenvalue weighted by atomic mass is 127. The van der Waals surface area contributed by atoms with Gasteiger partial charge in [0.25, 0.3) is 0 Å². The highest BCUT2D eigenvalue weighted by molar-refractivity contribution is 14.0. The van der Waals surface area contributed by atoms with Crippen LogP contribution in [0, 0.1) is 0 Å². The molecule has 3 rings (SSSR count). The number of halogens is 3. The molecule has 9 heteroatoms. The lowest BCUT2D eigenvalue weighted by Crippen LogP contribution is -2.38. The zero-order chi connectivity index (χ0) is 19.9. The van der Waals surface area contributed by atoms with Gasteiger partial charge in [0.15, 0.2) is 11.8 Å². The Balaban J connectivity index is 0.00000300. The molecule has 3 aromatic rings. The second-order valence-corrected chi connectivity index (χ2v) is 7.02. The van der Waals surface area contributed by atoms with E-state index in [1.807, 2.05) is 60.9 Å². The number of para-hydroxylation sites is 1. The average molecular weight is 545 g/mol. The fraction of sp³-hybridized carbons (Fsp3) is 0.250. The van der Waals surface area contributed by atoms with Gasteiger partial charge in [0, 0.05) is 22.3 Å². The van der Waals surface area contributed by atoms with E-state index in [9.17, 15) is 0 Å². The molecule has 1 unspecified atom stereocenters. The first-order valence-electron chi connectivity index (χ1n) is 9.02. The number of aliphatic imine (C=N–C) groups is 1. The van der Waals surface area contributed by atoms with Crippen molar-refractivity contribution in [2.45, 2.75) is 26.4 Å². The van der Waals surface area contributed by atoms with Crippen LogP contribution in [-0.2, 0) is 6.54 Å². The summed E-state index contributed by atoms with van der Waals surface area (Å²) in [6, 6.07) is 15.4. The zero-order valence-electron chi connectivity index (χ0n) is 16.1. The number of rotatable bonds is 6. The molecule has 2 aromatic carbocycles. The van der Waals surface area contributed by atoms with E-state index in [0.717, 1.165) is 23.6 Å². The summed E-state index contributed by atoms with van der Waals surface area (Å²) in [7, 11) is 0. The van der Waals surface area contributed by atoms with Gasteiger partial charge in [0.05, 0.1) is 6.04 Å². The van der Waals surface area contributed by atoms with Crippen LogP contribution in [0.15, 0.2) is 59.9 Å². The Morgan fingerprint density at radius 1 is 1.17 bits per heavy atom. The molecule has 6 nitrogen and oxygen atoms in total. The molecule has 0 spiro atoms. The monoisotopic (exact) mass is 544 g/mol. The fourth-order valence-electron chi connectivity index (χ4n) is 2.78. The van der Waals surface area contributed by atoms with Gasteiger partial charge in [0.2, 0.25) is 0 Å². The van der Waals surface area contributed by atoms with Crippen molar-refractivity contribution in [1.29, 1.82) is 0 Å². The van der Waals surface area contributed by atoms with Crippen molar-refractivity contribution < 1.29 is 0 Å². The van der Waals surface area contributed by atoms with E-state index in [1.54, 1.807) is 12.4 Å². The maximum Gasteiger partial charge on any atom is 0.192 e. The molecule has 29 heavy (non-hydrogen) atoms. The summed E-state index contributed by atoms with van der Waals surface area (Å²) in [4.78, 5) is 4.66. The molecule has 0 saturated heterocycles. The first-order chi connectivity index (χ1) is 13.6. The molecule has 0 amide bonds. The third kappa shape index (κ3) is 6.32. The van der Waals surface area contributed by atoms with E-state index in [4.69, 9.17) is 23.2 Å². The van der Waals surface area contributed by atoms with Crippen molar-refractivity contribution in [2.24, 2.45) is 4.99 Å². The van der Waals surface area contributed by atoms with Crippen molar-refractivity contribution in [1.82, 2.24) is 25.4 Å². The van der Waals surface area contributed by atoms with Crippen LogP contribution < -0.4 is 10.6 Å². The molecule has 0 radical (unpaired) electrons. The van der Waals surface area contributed by atoms with E-state index in [0.29, 0.717) is 22.5 Å². The van der Waals surface area contributed by atoms with Gasteiger partial charge < -0.3 is 10.6 Å². The Hall–Kier alpha value is -1.84. The molecule has 0 aliphatic carbocycles. The summed E-state index contributed by atoms with van der Waals surface area (Å²) in [6.45, 7) is 5.15.